The van der Waals surface area contributed by atoms with E-state index in [1.165, 1.54) is 0 Å². The lowest BCUT2D eigenvalue weighted by Gasteiger charge is -2.19. The first-order valence-electron chi connectivity index (χ1n) is 8.30. The van der Waals surface area contributed by atoms with E-state index in [1.807, 2.05) is 38.1 Å². The van der Waals surface area contributed by atoms with Crippen molar-refractivity contribution in [3.8, 4) is 22.4 Å². The number of pyridine rings is 2. The molecule has 0 bridgehead atoms. The summed E-state index contributed by atoms with van der Waals surface area (Å²) >= 11 is 0. The number of allylic oxidation sites excluding steroid dienone is 1. The number of hydrogen-bond donors (Lipinski definition) is 1. The van der Waals surface area contributed by atoms with E-state index < -0.39 is 0 Å². The van der Waals surface area contributed by atoms with Crippen LogP contribution in [0.25, 0.3) is 28.5 Å². The predicted octanol–water partition coefficient (Wildman–Crippen LogP) is 5.38. The van der Waals surface area contributed by atoms with Gasteiger partial charge in [0, 0.05) is 33.8 Å². The molecule has 4 rings (SSSR count). The molecule has 3 heterocycles. The van der Waals surface area contributed by atoms with Crippen LogP contribution in [0.15, 0.2) is 66.9 Å². The third-order valence-corrected chi connectivity index (χ3v) is 4.23. The summed E-state index contributed by atoms with van der Waals surface area (Å²) in [5, 5.41) is 3.27. The molecule has 3 heteroatoms. The Morgan fingerprint density at radius 1 is 0.840 bits per heavy atom. The molecule has 122 valence electrons. The molecule has 0 unspecified atom stereocenters. The average Bonchev–Trinajstić information content (AvgIpc) is 2.60. The summed E-state index contributed by atoms with van der Waals surface area (Å²) in [6.45, 7) is 8.02. The highest BCUT2D eigenvalue weighted by atomic mass is 15.0. The Morgan fingerprint density at radius 3 is 2.28 bits per heavy atom. The summed E-state index contributed by atoms with van der Waals surface area (Å²) in [6, 6.07) is 16.7. The highest BCUT2D eigenvalue weighted by Gasteiger charge is 2.16. The maximum Gasteiger partial charge on any atom is 0.138 e. The number of aromatic nitrogens is 2. The lowest BCUT2D eigenvalue weighted by molar-refractivity contribution is 1.12. The molecule has 1 N–H and O–H groups in total. The highest BCUT2D eigenvalue weighted by Crippen LogP contribution is 2.36. The lowest BCUT2D eigenvalue weighted by atomic mass is 9.96. The van der Waals surface area contributed by atoms with Gasteiger partial charge < -0.3 is 5.32 Å². The van der Waals surface area contributed by atoms with Gasteiger partial charge in [0.25, 0.3) is 0 Å². The zero-order valence-corrected chi connectivity index (χ0v) is 14.4. The third kappa shape index (κ3) is 2.96. The van der Waals surface area contributed by atoms with Gasteiger partial charge in [0.15, 0.2) is 0 Å². The fourth-order valence-electron chi connectivity index (χ4n) is 3.17. The van der Waals surface area contributed by atoms with E-state index in [0.29, 0.717) is 0 Å². The van der Waals surface area contributed by atoms with Gasteiger partial charge in [-0.1, -0.05) is 36.9 Å². The molecule has 2 aromatic heterocycles. The Morgan fingerprint density at radius 2 is 1.56 bits per heavy atom. The minimum atomic E-state index is 0.845. The Balaban J connectivity index is 1.99. The maximum absolute atomic E-state index is 4.93. The van der Waals surface area contributed by atoms with E-state index in [0.717, 1.165) is 50.9 Å². The number of nitrogens with one attached hydrogen (secondary N) is 1. The molecule has 1 aromatic carbocycles. The maximum atomic E-state index is 4.93. The molecule has 1 aliphatic heterocycles. The van der Waals surface area contributed by atoms with E-state index >= 15 is 0 Å². The quantitative estimate of drug-likeness (QED) is 0.687. The van der Waals surface area contributed by atoms with Gasteiger partial charge in [-0.15, -0.1) is 0 Å². The summed E-state index contributed by atoms with van der Waals surface area (Å²) in [7, 11) is 0. The second kappa shape index (κ2) is 6.02. The molecule has 0 saturated heterocycles. The van der Waals surface area contributed by atoms with Crippen molar-refractivity contribution >= 4 is 11.9 Å². The van der Waals surface area contributed by atoms with Gasteiger partial charge in [0.2, 0.25) is 0 Å². The van der Waals surface area contributed by atoms with Gasteiger partial charge in [0.1, 0.15) is 5.82 Å². The van der Waals surface area contributed by atoms with Crippen LogP contribution in [0.3, 0.4) is 0 Å². The van der Waals surface area contributed by atoms with Gasteiger partial charge in [-0.05, 0) is 49.8 Å². The normalized spacial score (nSPS) is 12.6. The van der Waals surface area contributed by atoms with Crippen molar-refractivity contribution in [2.75, 3.05) is 5.32 Å². The summed E-state index contributed by atoms with van der Waals surface area (Å²) in [5.41, 5.74) is 8.22. The number of hydrogen-bond acceptors (Lipinski definition) is 3. The van der Waals surface area contributed by atoms with Crippen LogP contribution in [-0.2, 0) is 0 Å². The Labute approximate surface area is 147 Å². The van der Waals surface area contributed by atoms with Crippen LogP contribution in [-0.4, -0.2) is 9.97 Å². The van der Waals surface area contributed by atoms with Gasteiger partial charge in [-0.3, -0.25) is 4.98 Å². The van der Waals surface area contributed by atoms with E-state index in [9.17, 15) is 0 Å². The van der Waals surface area contributed by atoms with Crippen molar-refractivity contribution in [2.24, 2.45) is 0 Å². The Kier molecular flexibility index (Phi) is 3.69. The summed E-state index contributed by atoms with van der Waals surface area (Å²) in [4.78, 5) is 9.43. The van der Waals surface area contributed by atoms with Crippen molar-refractivity contribution in [3.05, 3.63) is 83.8 Å². The van der Waals surface area contributed by atoms with Crippen LogP contribution >= 0.6 is 0 Å². The number of fused-ring (bicyclic) bond motifs is 1. The molecule has 3 aromatic rings. The van der Waals surface area contributed by atoms with Crippen LogP contribution < -0.4 is 5.32 Å². The van der Waals surface area contributed by atoms with E-state index in [2.05, 4.69) is 53.3 Å². The molecule has 0 radical (unpaired) electrons. The number of nitrogens with zero attached hydrogens (tertiary/aromatic N) is 2. The second-order valence-corrected chi connectivity index (χ2v) is 6.31. The standard InChI is InChI=1S/C22H19N3/c1-14-9-10-18-13-20(19-11-15(2)23-16(3)12-19)21(25-22(18)24-14)17-7-5-4-6-8-17/h4-13H,1H2,2-3H3,(H,24,25). The summed E-state index contributed by atoms with van der Waals surface area (Å²) in [6.07, 6.45) is 4.03. The van der Waals surface area contributed by atoms with Crippen molar-refractivity contribution in [3.63, 3.8) is 0 Å². The zero-order chi connectivity index (χ0) is 17.4. The molecule has 0 fully saturated rings. The van der Waals surface area contributed by atoms with Gasteiger partial charge in [-0.2, -0.15) is 0 Å². The van der Waals surface area contributed by atoms with Crippen molar-refractivity contribution in [1.29, 1.82) is 0 Å². The topological polar surface area (TPSA) is 37.8 Å². The van der Waals surface area contributed by atoms with Gasteiger partial charge in [0.05, 0.1) is 5.69 Å². The first-order chi connectivity index (χ1) is 12.1. The largest absolute Gasteiger partial charge is 0.340 e. The number of aryl methyl sites for hydroxylation is 2. The van der Waals surface area contributed by atoms with Crippen molar-refractivity contribution < 1.29 is 0 Å². The molecule has 1 aliphatic rings. The molecule has 0 saturated carbocycles. The lowest BCUT2D eigenvalue weighted by Crippen LogP contribution is -2.06. The van der Waals surface area contributed by atoms with Gasteiger partial charge >= 0.3 is 0 Å². The summed E-state index contributed by atoms with van der Waals surface area (Å²) in [5.74, 6) is 0.845. The Bertz CT molecular complexity index is 981. The molecular weight excluding hydrogens is 306 g/mol. The number of anilines is 1. The second-order valence-electron chi connectivity index (χ2n) is 6.31. The fourth-order valence-corrected chi connectivity index (χ4v) is 3.17. The number of benzene rings is 1. The molecule has 0 amide bonds. The van der Waals surface area contributed by atoms with Crippen molar-refractivity contribution in [1.82, 2.24) is 9.97 Å². The zero-order valence-electron chi connectivity index (χ0n) is 14.4. The van der Waals surface area contributed by atoms with Crippen LogP contribution in [0.5, 0.6) is 0 Å². The van der Waals surface area contributed by atoms with E-state index in [4.69, 9.17) is 4.98 Å². The SMILES string of the molecule is C=C1C=Cc2cc(-c3cc(C)nc(C)c3)c(-c3ccccc3)nc2N1. The van der Waals surface area contributed by atoms with Crippen LogP contribution in [0.4, 0.5) is 5.82 Å². The molecule has 25 heavy (non-hydrogen) atoms. The molecule has 0 aliphatic carbocycles. The van der Waals surface area contributed by atoms with Gasteiger partial charge in [-0.25, -0.2) is 4.98 Å². The molecule has 3 nitrogen and oxygen atoms in total. The predicted molar refractivity (Wildman–Crippen MR) is 104 cm³/mol. The smallest absolute Gasteiger partial charge is 0.138 e. The number of rotatable bonds is 2. The highest BCUT2D eigenvalue weighted by molar-refractivity contribution is 5.86. The molecule has 0 spiro atoms. The summed E-state index contributed by atoms with van der Waals surface area (Å²) < 4.78 is 0. The van der Waals surface area contributed by atoms with Crippen molar-refractivity contribution in [2.45, 2.75) is 13.8 Å². The van der Waals surface area contributed by atoms with Crippen LogP contribution in [0.1, 0.15) is 17.0 Å². The third-order valence-electron chi connectivity index (χ3n) is 4.23. The minimum absolute atomic E-state index is 0.845. The van der Waals surface area contributed by atoms with Crippen LogP contribution in [0, 0.1) is 13.8 Å². The van der Waals surface area contributed by atoms with E-state index in [-0.39, 0.29) is 0 Å². The Hall–Kier alpha value is -3.20. The van der Waals surface area contributed by atoms with Crippen LogP contribution in [0.2, 0.25) is 0 Å². The molecular formula is C22H19N3. The monoisotopic (exact) mass is 325 g/mol. The molecule has 0 atom stereocenters. The average molecular weight is 325 g/mol. The van der Waals surface area contributed by atoms with E-state index in [1.54, 1.807) is 0 Å². The first kappa shape index (κ1) is 15.3. The minimum Gasteiger partial charge on any atom is -0.340 e. The first-order valence-corrected chi connectivity index (χ1v) is 8.30. The fraction of sp³-hybridized carbons (Fsp3) is 0.0909.